The van der Waals surface area contributed by atoms with Gasteiger partial charge in [-0.05, 0) is 42.3 Å². The van der Waals surface area contributed by atoms with Gasteiger partial charge in [-0.15, -0.1) is 0 Å². The van der Waals surface area contributed by atoms with Crippen molar-refractivity contribution in [2.75, 3.05) is 0 Å². The number of H-pyrrole nitrogens is 2. The van der Waals surface area contributed by atoms with Gasteiger partial charge < -0.3 is 4.98 Å². The molecule has 2 aromatic heterocycles. The fourth-order valence-corrected chi connectivity index (χ4v) is 3.36. The number of Topliss-reactive ketones (excluding diaryl/α,β-unsaturated/α-hetero) is 1. The summed E-state index contributed by atoms with van der Waals surface area (Å²) in [5, 5.41) is 8.45. The lowest BCUT2D eigenvalue weighted by atomic mass is 10.0. The van der Waals surface area contributed by atoms with Crippen LogP contribution in [-0.4, -0.2) is 25.9 Å². The highest BCUT2D eigenvalue weighted by atomic mass is 16.1. The highest BCUT2D eigenvalue weighted by molar-refractivity contribution is 5.96. The number of nitrogens with zero attached hydrogens (tertiary/aromatic N) is 2. The molecular weight excluding hydrogens is 336 g/mol. The van der Waals surface area contributed by atoms with Crippen LogP contribution in [0, 0.1) is 0 Å². The van der Waals surface area contributed by atoms with Gasteiger partial charge in [-0.2, -0.15) is 5.10 Å². The maximum absolute atomic E-state index is 11.7. The molecule has 0 saturated carbocycles. The number of hydrogen-bond donors (Lipinski definition) is 2. The van der Waals surface area contributed by atoms with E-state index in [-0.39, 0.29) is 5.78 Å². The van der Waals surface area contributed by atoms with Crippen molar-refractivity contribution in [1.82, 2.24) is 20.2 Å². The number of fused-ring (bicyclic) bond motifs is 2. The van der Waals surface area contributed by atoms with E-state index in [0.717, 1.165) is 44.6 Å². The first kappa shape index (κ1) is 15.5. The molecule has 2 N–H and O–H groups in total. The van der Waals surface area contributed by atoms with Crippen LogP contribution in [0.4, 0.5) is 0 Å². The molecule has 0 aliphatic carbocycles. The van der Waals surface area contributed by atoms with Crippen LogP contribution < -0.4 is 0 Å². The normalized spacial score (nSPS) is 11.3. The SMILES string of the molecule is CC(=O)c1cccc(-c2ccc3nc(-c4[nH]nc5ccccc45)[nH]c3c2)c1. The number of rotatable bonds is 3. The van der Waals surface area contributed by atoms with Gasteiger partial charge in [-0.3, -0.25) is 9.89 Å². The summed E-state index contributed by atoms with van der Waals surface area (Å²) >= 11 is 0. The summed E-state index contributed by atoms with van der Waals surface area (Å²) < 4.78 is 0. The number of para-hydroxylation sites is 1. The zero-order chi connectivity index (χ0) is 18.4. The second-order valence-electron chi connectivity index (χ2n) is 6.57. The molecule has 0 atom stereocenters. The van der Waals surface area contributed by atoms with Crippen LogP contribution in [0.3, 0.4) is 0 Å². The molecule has 0 unspecified atom stereocenters. The van der Waals surface area contributed by atoms with Gasteiger partial charge in [-0.1, -0.05) is 42.5 Å². The lowest BCUT2D eigenvalue weighted by Gasteiger charge is -2.03. The Bertz CT molecular complexity index is 1310. The molecule has 3 aromatic carbocycles. The zero-order valence-corrected chi connectivity index (χ0v) is 14.7. The van der Waals surface area contributed by atoms with Gasteiger partial charge >= 0.3 is 0 Å². The predicted octanol–water partition coefficient (Wildman–Crippen LogP) is 4.98. The first-order valence-corrected chi connectivity index (χ1v) is 8.74. The predicted molar refractivity (Wildman–Crippen MR) is 107 cm³/mol. The Morgan fingerprint density at radius 2 is 1.74 bits per heavy atom. The maximum atomic E-state index is 11.7. The van der Waals surface area contributed by atoms with Crippen LogP contribution in [0.1, 0.15) is 17.3 Å². The lowest BCUT2D eigenvalue weighted by molar-refractivity contribution is 0.101. The largest absolute Gasteiger partial charge is 0.337 e. The summed E-state index contributed by atoms with van der Waals surface area (Å²) in [5.74, 6) is 0.821. The van der Waals surface area contributed by atoms with Crippen molar-refractivity contribution in [1.29, 1.82) is 0 Å². The van der Waals surface area contributed by atoms with Crippen LogP contribution in [0.25, 0.3) is 44.6 Å². The Balaban J connectivity index is 1.61. The van der Waals surface area contributed by atoms with E-state index in [2.05, 4.69) is 21.2 Å². The molecule has 5 heteroatoms. The molecular formula is C22H16N4O. The van der Waals surface area contributed by atoms with Crippen LogP contribution in [0.5, 0.6) is 0 Å². The summed E-state index contributed by atoms with van der Waals surface area (Å²) in [5.41, 5.74) is 6.37. The monoisotopic (exact) mass is 352 g/mol. The number of aromatic amines is 2. The minimum Gasteiger partial charge on any atom is -0.337 e. The van der Waals surface area contributed by atoms with Crippen LogP contribution >= 0.6 is 0 Å². The van der Waals surface area contributed by atoms with Crippen molar-refractivity contribution >= 4 is 27.7 Å². The third kappa shape index (κ3) is 2.60. The molecule has 27 heavy (non-hydrogen) atoms. The molecule has 0 spiro atoms. The number of carbonyl (C=O) groups excluding carboxylic acids is 1. The molecule has 0 aliphatic rings. The fourth-order valence-electron chi connectivity index (χ4n) is 3.36. The van der Waals surface area contributed by atoms with Gasteiger partial charge in [0.15, 0.2) is 11.6 Å². The summed E-state index contributed by atoms with van der Waals surface area (Å²) in [4.78, 5) is 19.8. The summed E-state index contributed by atoms with van der Waals surface area (Å²) in [6, 6.07) is 21.7. The Morgan fingerprint density at radius 1 is 0.889 bits per heavy atom. The summed E-state index contributed by atoms with van der Waals surface area (Å²) in [7, 11) is 0. The average Bonchev–Trinajstić information content (AvgIpc) is 3.31. The minimum atomic E-state index is 0.0628. The van der Waals surface area contributed by atoms with Crippen LogP contribution in [-0.2, 0) is 0 Å². The van der Waals surface area contributed by atoms with Gasteiger partial charge in [0.05, 0.1) is 16.6 Å². The molecule has 2 heterocycles. The van der Waals surface area contributed by atoms with E-state index in [1.807, 2.05) is 60.7 Å². The van der Waals surface area contributed by atoms with E-state index in [0.29, 0.717) is 5.56 Å². The molecule has 5 aromatic rings. The third-order valence-electron chi connectivity index (χ3n) is 4.78. The molecule has 5 rings (SSSR count). The van der Waals surface area contributed by atoms with E-state index in [9.17, 15) is 4.79 Å². The molecule has 0 fully saturated rings. The first-order valence-electron chi connectivity index (χ1n) is 8.74. The van der Waals surface area contributed by atoms with E-state index in [1.165, 1.54) is 0 Å². The Hall–Kier alpha value is -3.73. The maximum Gasteiger partial charge on any atom is 0.159 e. The summed E-state index contributed by atoms with van der Waals surface area (Å²) in [6.45, 7) is 1.58. The van der Waals surface area contributed by atoms with Crippen molar-refractivity contribution in [2.24, 2.45) is 0 Å². The van der Waals surface area contributed by atoms with Gasteiger partial charge in [0.25, 0.3) is 0 Å². The standard InChI is InChI=1S/C22H16N4O/c1-13(27)14-5-4-6-15(11-14)16-9-10-19-20(12-16)24-22(23-19)21-17-7-2-3-8-18(17)25-26-21/h2-12H,1H3,(H,23,24)(H,25,26). The first-order chi connectivity index (χ1) is 13.2. The van der Waals surface area contributed by atoms with Crippen molar-refractivity contribution in [3.05, 3.63) is 72.3 Å². The number of nitrogens with one attached hydrogen (secondary N) is 2. The van der Waals surface area contributed by atoms with Crippen LogP contribution in [0.2, 0.25) is 0 Å². The fraction of sp³-hybridized carbons (Fsp3) is 0.0455. The molecule has 0 bridgehead atoms. The van der Waals surface area contributed by atoms with Crippen molar-refractivity contribution in [3.63, 3.8) is 0 Å². The Morgan fingerprint density at radius 3 is 2.63 bits per heavy atom. The Kier molecular flexibility index (Phi) is 3.40. The second kappa shape index (κ2) is 5.92. The molecule has 0 amide bonds. The highest BCUT2D eigenvalue weighted by Crippen LogP contribution is 2.28. The van der Waals surface area contributed by atoms with Crippen molar-refractivity contribution in [2.45, 2.75) is 6.92 Å². The number of benzene rings is 3. The quantitative estimate of drug-likeness (QED) is 0.450. The molecule has 5 nitrogen and oxygen atoms in total. The number of ketones is 1. The van der Waals surface area contributed by atoms with Crippen LogP contribution in [0.15, 0.2) is 66.7 Å². The van der Waals surface area contributed by atoms with Gasteiger partial charge in [-0.25, -0.2) is 4.98 Å². The molecule has 130 valence electrons. The Labute approximate surface area is 155 Å². The zero-order valence-electron chi connectivity index (χ0n) is 14.7. The lowest BCUT2D eigenvalue weighted by Crippen LogP contribution is -1.91. The summed E-state index contributed by atoms with van der Waals surface area (Å²) in [6.07, 6.45) is 0. The molecule has 0 aliphatic heterocycles. The second-order valence-corrected chi connectivity index (χ2v) is 6.57. The van der Waals surface area contributed by atoms with E-state index < -0.39 is 0 Å². The number of hydrogen-bond acceptors (Lipinski definition) is 3. The van der Waals surface area contributed by atoms with E-state index in [1.54, 1.807) is 6.92 Å². The van der Waals surface area contributed by atoms with Gasteiger partial charge in [0.2, 0.25) is 0 Å². The van der Waals surface area contributed by atoms with Crippen molar-refractivity contribution in [3.8, 4) is 22.6 Å². The number of imidazole rings is 1. The van der Waals surface area contributed by atoms with E-state index in [4.69, 9.17) is 4.98 Å². The topological polar surface area (TPSA) is 74.4 Å². The van der Waals surface area contributed by atoms with Gasteiger partial charge in [0.1, 0.15) is 5.69 Å². The molecule has 0 saturated heterocycles. The molecule has 0 radical (unpaired) electrons. The number of carbonyl (C=O) groups is 1. The van der Waals surface area contributed by atoms with Gasteiger partial charge in [0, 0.05) is 10.9 Å². The van der Waals surface area contributed by atoms with E-state index >= 15 is 0 Å². The minimum absolute atomic E-state index is 0.0628. The van der Waals surface area contributed by atoms with Crippen molar-refractivity contribution < 1.29 is 4.79 Å². The highest BCUT2D eigenvalue weighted by Gasteiger charge is 2.12. The smallest absolute Gasteiger partial charge is 0.159 e. The third-order valence-corrected chi connectivity index (χ3v) is 4.78. The average molecular weight is 352 g/mol. The number of aromatic nitrogens is 4.